The zero-order valence-corrected chi connectivity index (χ0v) is 15.1. The normalized spacial score (nSPS) is 17.6. The first-order valence-electron chi connectivity index (χ1n) is 8.88. The van der Waals surface area contributed by atoms with Gasteiger partial charge in [0.2, 0.25) is 0 Å². The summed E-state index contributed by atoms with van der Waals surface area (Å²) in [7, 11) is 2.03. The minimum absolute atomic E-state index is 0.330. The van der Waals surface area contributed by atoms with E-state index in [0.717, 1.165) is 44.3 Å². The van der Waals surface area contributed by atoms with Crippen molar-refractivity contribution in [2.24, 2.45) is 7.05 Å². The summed E-state index contributed by atoms with van der Waals surface area (Å²) in [5.74, 6) is 1.91. The Labute approximate surface area is 149 Å². The molecule has 1 aromatic carbocycles. The number of β-amino-alcohol motifs (C(OH)–C–C–N with tert-alkyl or cyclic N) is 1. The van der Waals surface area contributed by atoms with Gasteiger partial charge in [-0.3, -0.25) is 9.80 Å². The second-order valence-corrected chi connectivity index (χ2v) is 6.81. The van der Waals surface area contributed by atoms with Crippen LogP contribution in [0.1, 0.15) is 11.4 Å². The molecule has 1 aliphatic rings. The van der Waals surface area contributed by atoms with E-state index < -0.39 is 6.10 Å². The summed E-state index contributed by atoms with van der Waals surface area (Å²) in [6, 6.07) is 7.92. The van der Waals surface area contributed by atoms with Crippen molar-refractivity contribution in [2.75, 3.05) is 39.3 Å². The predicted octanol–water partition coefficient (Wildman–Crippen LogP) is 1.29. The van der Waals surface area contributed by atoms with Gasteiger partial charge in [-0.25, -0.2) is 4.98 Å². The molecule has 1 saturated heterocycles. The van der Waals surface area contributed by atoms with Crippen molar-refractivity contribution in [2.45, 2.75) is 19.6 Å². The van der Waals surface area contributed by atoms with Crippen molar-refractivity contribution in [3.63, 3.8) is 0 Å². The molecule has 0 radical (unpaired) electrons. The molecular formula is C19H28N4O2. The lowest BCUT2D eigenvalue weighted by atomic mass is 10.2. The van der Waals surface area contributed by atoms with Crippen LogP contribution in [0.25, 0.3) is 0 Å². The molecule has 136 valence electrons. The molecule has 1 N–H and O–H groups in total. The predicted molar refractivity (Wildman–Crippen MR) is 97.6 cm³/mol. The van der Waals surface area contributed by atoms with Crippen LogP contribution in [0.4, 0.5) is 0 Å². The number of hydrogen-bond donors (Lipinski definition) is 1. The van der Waals surface area contributed by atoms with E-state index in [4.69, 9.17) is 4.74 Å². The molecule has 0 saturated carbocycles. The van der Waals surface area contributed by atoms with E-state index in [1.807, 2.05) is 50.6 Å². The van der Waals surface area contributed by atoms with Crippen LogP contribution in [-0.2, 0) is 13.6 Å². The van der Waals surface area contributed by atoms with Crippen LogP contribution in [0.5, 0.6) is 5.75 Å². The van der Waals surface area contributed by atoms with E-state index in [1.165, 1.54) is 5.56 Å². The highest BCUT2D eigenvalue weighted by Gasteiger charge is 2.20. The van der Waals surface area contributed by atoms with Crippen molar-refractivity contribution in [3.05, 3.63) is 48.0 Å². The van der Waals surface area contributed by atoms with E-state index >= 15 is 0 Å². The van der Waals surface area contributed by atoms with Gasteiger partial charge in [0.25, 0.3) is 0 Å². The fraction of sp³-hybridized carbons (Fsp3) is 0.526. The lowest BCUT2D eigenvalue weighted by molar-refractivity contribution is 0.0440. The Balaban J connectivity index is 1.36. The first-order chi connectivity index (χ1) is 12.1. The molecule has 1 aromatic heterocycles. The molecule has 2 heterocycles. The van der Waals surface area contributed by atoms with Crippen molar-refractivity contribution >= 4 is 0 Å². The molecule has 3 rings (SSSR count). The number of hydrogen-bond acceptors (Lipinski definition) is 5. The highest BCUT2D eigenvalue weighted by Crippen LogP contribution is 2.12. The SMILES string of the molecule is Cc1ccc(OC[C@@H](O)CN2CCN(Cc3nccn3C)CC2)cc1. The highest BCUT2D eigenvalue weighted by atomic mass is 16.5. The number of rotatable bonds is 7. The summed E-state index contributed by atoms with van der Waals surface area (Å²) >= 11 is 0. The van der Waals surface area contributed by atoms with E-state index in [1.54, 1.807) is 0 Å². The van der Waals surface area contributed by atoms with Crippen LogP contribution in [0.3, 0.4) is 0 Å². The van der Waals surface area contributed by atoms with Crippen LogP contribution in [0, 0.1) is 6.92 Å². The first-order valence-corrected chi connectivity index (χ1v) is 8.88. The molecule has 6 nitrogen and oxygen atoms in total. The van der Waals surface area contributed by atoms with E-state index in [2.05, 4.69) is 19.4 Å². The van der Waals surface area contributed by atoms with Gasteiger partial charge >= 0.3 is 0 Å². The van der Waals surface area contributed by atoms with E-state index in [0.29, 0.717) is 13.2 Å². The summed E-state index contributed by atoms with van der Waals surface area (Å²) in [6.07, 6.45) is 3.36. The summed E-state index contributed by atoms with van der Waals surface area (Å²) < 4.78 is 7.74. The first kappa shape index (κ1) is 17.9. The van der Waals surface area contributed by atoms with Gasteiger partial charge in [0, 0.05) is 52.2 Å². The standard InChI is InChI=1S/C19H28N4O2/c1-16-3-5-18(6-4-16)25-15-17(24)13-22-9-11-23(12-10-22)14-19-20-7-8-21(19)2/h3-8,17,24H,9-15H2,1-2H3/t17-/m0/s1. The summed E-state index contributed by atoms with van der Waals surface area (Å²) in [4.78, 5) is 9.10. The number of aliphatic hydroxyl groups is 1. The van der Waals surface area contributed by atoms with Crippen molar-refractivity contribution in [1.82, 2.24) is 19.4 Å². The van der Waals surface area contributed by atoms with Gasteiger partial charge in [0.1, 0.15) is 24.3 Å². The number of benzene rings is 1. The molecule has 0 amide bonds. The second kappa shape index (κ2) is 8.47. The van der Waals surface area contributed by atoms with E-state index in [9.17, 15) is 5.11 Å². The maximum absolute atomic E-state index is 10.2. The molecule has 0 unspecified atom stereocenters. The van der Waals surface area contributed by atoms with Gasteiger partial charge in [-0.1, -0.05) is 17.7 Å². The van der Waals surface area contributed by atoms with Crippen molar-refractivity contribution < 1.29 is 9.84 Å². The van der Waals surface area contributed by atoms with Gasteiger partial charge in [-0.05, 0) is 19.1 Å². The monoisotopic (exact) mass is 344 g/mol. The molecule has 2 aromatic rings. The lowest BCUT2D eigenvalue weighted by Crippen LogP contribution is -2.49. The maximum atomic E-state index is 10.2. The Kier molecular flexibility index (Phi) is 6.07. The number of aromatic nitrogens is 2. The smallest absolute Gasteiger partial charge is 0.122 e. The third-order valence-electron chi connectivity index (χ3n) is 4.68. The lowest BCUT2D eigenvalue weighted by Gasteiger charge is -2.35. The van der Waals surface area contributed by atoms with Crippen molar-refractivity contribution in [3.8, 4) is 5.75 Å². The zero-order valence-electron chi connectivity index (χ0n) is 15.1. The van der Waals surface area contributed by atoms with Gasteiger partial charge in [-0.2, -0.15) is 0 Å². The Morgan fingerprint density at radius 2 is 1.80 bits per heavy atom. The van der Waals surface area contributed by atoms with Crippen LogP contribution in [0.15, 0.2) is 36.7 Å². The average molecular weight is 344 g/mol. The quantitative estimate of drug-likeness (QED) is 0.820. The van der Waals surface area contributed by atoms with E-state index in [-0.39, 0.29) is 0 Å². The molecule has 0 bridgehead atoms. The Hall–Kier alpha value is -1.89. The second-order valence-electron chi connectivity index (χ2n) is 6.81. The van der Waals surface area contributed by atoms with Gasteiger partial charge in [-0.15, -0.1) is 0 Å². The molecule has 1 atom stereocenters. The molecule has 0 spiro atoms. The Morgan fingerprint density at radius 3 is 2.44 bits per heavy atom. The van der Waals surface area contributed by atoms with Crippen molar-refractivity contribution in [1.29, 1.82) is 0 Å². The molecule has 0 aliphatic carbocycles. The Morgan fingerprint density at radius 1 is 1.12 bits per heavy atom. The van der Waals surface area contributed by atoms with Gasteiger partial charge in [0.05, 0.1) is 6.54 Å². The van der Waals surface area contributed by atoms with Crippen LogP contribution in [0.2, 0.25) is 0 Å². The third-order valence-corrected chi connectivity index (χ3v) is 4.68. The largest absolute Gasteiger partial charge is 0.491 e. The third kappa shape index (κ3) is 5.29. The molecule has 6 heteroatoms. The number of ether oxygens (including phenoxy) is 1. The fourth-order valence-corrected chi connectivity index (χ4v) is 3.06. The summed E-state index contributed by atoms with van der Waals surface area (Å²) in [5.41, 5.74) is 1.20. The molecule has 1 aliphatic heterocycles. The van der Waals surface area contributed by atoms with Crippen LogP contribution < -0.4 is 4.74 Å². The molecular weight excluding hydrogens is 316 g/mol. The highest BCUT2D eigenvalue weighted by molar-refractivity contribution is 5.26. The minimum atomic E-state index is -0.470. The molecule has 25 heavy (non-hydrogen) atoms. The Bertz CT molecular complexity index is 648. The number of aryl methyl sites for hydroxylation is 2. The number of piperazine rings is 1. The summed E-state index contributed by atoms with van der Waals surface area (Å²) in [5, 5.41) is 10.2. The zero-order chi connectivity index (χ0) is 17.6. The maximum Gasteiger partial charge on any atom is 0.122 e. The van der Waals surface area contributed by atoms with Gasteiger partial charge < -0.3 is 14.4 Å². The average Bonchev–Trinajstić information content (AvgIpc) is 3.01. The van der Waals surface area contributed by atoms with Gasteiger partial charge in [0.15, 0.2) is 0 Å². The topological polar surface area (TPSA) is 53.8 Å². The minimum Gasteiger partial charge on any atom is -0.491 e. The number of aliphatic hydroxyl groups excluding tert-OH is 1. The summed E-state index contributed by atoms with van der Waals surface area (Å²) in [6.45, 7) is 7.84. The molecule has 1 fully saturated rings. The van der Waals surface area contributed by atoms with Crippen LogP contribution >= 0.6 is 0 Å². The van der Waals surface area contributed by atoms with Crippen LogP contribution in [-0.4, -0.2) is 69.9 Å². The number of imidazole rings is 1. The number of nitrogens with zero attached hydrogens (tertiary/aromatic N) is 4. The fourth-order valence-electron chi connectivity index (χ4n) is 3.06.